The number of amides is 1. The van der Waals surface area contributed by atoms with E-state index in [0.29, 0.717) is 12.8 Å². The molecule has 1 heterocycles. The van der Waals surface area contributed by atoms with Crippen LogP contribution in [0, 0.1) is 29.0 Å². The van der Waals surface area contributed by atoms with Crippen LogP contribution in [0.4, 0.5) is 4.39 Å². The summed E-state index contributed by atoms with van der Waals surface area (Å²) in [4.78, 5) is 12.0. The van der Waals surface area contributed by atoms with Crippen molar-refractivity contribution in [3.05, 3.63) is 35.6 Å². The zero-order chi connectivity index (χ0) is 16.3. The lowest BCUT2D eigenvalue weighted by Crippen LogP contribution is -2.41. The van der Waals surface area contributed by atoms with Crippen LogP contribution in [0.5, 0.6) is 0 Å². The summed E-state index contributed by atoms with van der Waals surface area (Å²) >= 11 is 0. The third-order valence-corrected chi connectivity index (χ3v) is 4.40. The molecule has 1 aromatic carbocycles. The van der Waals surface area contributed by atoms with E-state index >= 15 is 0 Å². The summed E-state index contributed by atoms with van der Waals surface area (Å²) in [5, 5.41) is 12.3. The van der Waals surface area contributed by atoms with Crippen molar-refractivity contribution in [2.75, 3.05) is 0 Å². The minimum atomic E-state index is -0.729. The third-order valence-electron chi connectivity index (χ3n) is 4.40. The summed E-state index contributed by atoms with van der Waals surface area (Å²) in [6.07, 6.45) is 0.303. The predicted octanol–water partition coefficient (Wildman–Crippen LogP) is 2.28. The highest BCUT2D eigenvalue weighted by molar-refractivity contribution is 5.81. The molecule has 1 aliphatic rings. The fourth-order valence-corrected chi connectivity index (χ4v) is 3.03. The Hall–Kier alpha value is -1.86. The minimum absolute atomic E-state index is 0.0271. The molecule has 0 radical (unpaired) electrons. The van der Waals surface area contributed by atoms with E-state index in [0.717, 1.165) is 5.56 Å². The monoisotopic (exact) mass is 303 g/mol. The molecule has 1 amide bonds. The van der Waals surface area contributed by atoms with E-state index in [2.05, 4.69) is 31.0 Å². The van der Waals surface area contributed by atoms with E-state index in [1.54, 1.807) is 19.1 Å². The van der Waals surface area contributed by atoms with E-state index in [1.165, 1.54) is 12.1 Å². The van der Waals surface area contributed by atoms with E-state index in [1.807, 2.05) is 0 Å². The predicted molar refractivity (Wildman–Crippen MR) is 83.4 cm³/mol. The van der Waals surface area contributed by atoms with Crippen LogP contribution in [0.15, 0.2) is 24.3 Å². The first kappa shape index (κ1) is 16.5. The Labute approximate surface area is 130 Å². The van der Waals surface area contributed by atoms with Gasteiger partial charge in [-0.3, -0.25) is 4.79 Å². The average molecular weight is 303 g/mol. The molecule has 1 saturated heterocycles. The van der Waals surface area contributed by atoms with Gasteiger partial charge in [-0.15, -0.1) is 0 Å². The standard InChI is InChI=1S/C18H22FNO2/c1-12(2)18(10-14-5-7-15(19)8-6-14)11-17(22)20-16(18)9-4-13(3)21/h5-8,12-13,16,21H,10-11H2,1-3H3,(H,20,22). The summed E-state index contributed by atoms with van der Waals surface area (Å²) < 4.78 is 13.1. The van der Waals surface area contributed by atoms with Crippen molar-refractivity contribution in [1.29, 1.82) is 0 Å². The Morgan fingerprint density at radius 1 is 1.36 bits per heavy atom. The van der Waals surface area contributed by atoms with Gasteiger partial charge >= 0.3 is 0 Å². The Bertz CT molecular complexity index is 598. The molecular weight excluding hydrogens is 281 g/mol. The quantitative estimate of drug-likeness (QED) is 0.842. The zero-order valence-corrected chi connectivity index (χ0v) is 13.2. The molecule has 1 aromatic rings. The molecule has 4 heteroatoms. The highest BCUT2D eigenvalue weighted by atomic mass is 19.1. The Morgan fingerprint density at radius 2 is 2.00 bits per heavy atom. The molecule has 3 nitrogen and oxygen atoms in total. The molecule has 0 spiro atoms. The first-order valence-electron chi connectivity index (χ1n) is 7.56. The summed E-state index contributed by atoms with van der Waals surface area (Å²) in [5.74, 6) is 5.67. The molecule has 118 valence electrons. The fourth-order valence-electron chi connectivity index (χ4n) is 3.03. The summed E-state index contributed by atoms with van der Waals surface area (Å²) in [6, 6.07) is 6.07. The Balaban J connectivity index is 2.35. The molecule has 0 aliphatic carbocycles. The second-order valence-corrected chi connectivity index (χ2v) is 6.33. The fraction of sp³-hybridized carbons (Fsp3) is 0.500. The van der Waals surface area contributed by atoms with Gasteiger partial charge in [0.1, 0.15) is 11.9 Å². The van der Waals surface area contributed by atoms with E-state index in [4.69, 9.17) is 0 Å². The SMILES string of the molecule is CC(O)C#CC1NC(=O)CC1(Cc1ccc(F)cc1)C(C)C. The van der Waals surface area contributed by atoms with Crippen LogP contribution in [0.25, 0.3) is 0 Å². The molecule has 22 heavy (non-hydrogen) atoms. The number of carbonyl (C=O) groups is 1. The molecule has 3 atom stereocenters. The molecule has 1 fully saturated rings. The Morgan fingerprint density at radius 3 is 2.55 bits per heavy atom. The summed E-state index contributed by atoms with van der Waals surface area (Å²) in [7, 11) is 0. The second-order valence-electron chi connectivity index (χ2n) is 6.33. The van der Waals surface area contributed by atoms with Crippen LogP contribution < -0.4 is 5.32 Å². The molecular formula is C18H22FNO2. The molecule has 0 aromatic heterocycles. The van der Waals surface area contributed by atoms with Crippen molar-refractivity contribution in [1.82, 2.24) is 5.32 Å². The van der Waals surface area contributed by atoms with Gasteiger partial charge in [0.15, 0.2) is 0 Å². The van der Waals surface area contributed by atoms with Gasteiger partial charge in [0, 0.05) is 11.8 Å². The van der Waals surface area contributed by atoms with Crippen molar-refractivity contribution in [3.8, 4) is 11.8 Å². The first-order valence-corrected chi connectivity index (χ1v) is 7.56. The van der Waals surface area contributed by atoms with Crippen LogP contribution in [0.3, 0.4) is 0 Å². The number of nitrogens with one attached hydrogen (secondary N) is 1. The van der Waals surface area contributed by atoms with Crippen molar-refractivity contribution < 1.29 is 14.3 Å². The van der Waals surface area contributed by atoms with E-state index < -0.39 is 6.10 Å². The van der Waals surface area contributed by atoms with Crippen LogP contribution in [0.1, 0.15) is 32.8 Å². The number of aliphatic hydroxyl groups is 1. The maximum atomic E-state index is 13.1. The van der Waals surface area contributed by atoms with Gasteiger partial charge in [-0.1, -0.05) is 37.8 Å². The summed E-state index contributed by atoms with van der Waals surface area (Å²) in [5.41, 5.74) is 0.632. The van der Waals surface area contributed by atoms with Crippen LogP contribution in [0.2, 0.25) is 0 Å². The van der Waals surface area contributed by atoms with Gasteiger partial charge in [-0.2, -0.15) is 0 Å². The van der Waals surface area contributed by atoms with Crippen molar-refractivity contribution in [3.63, 3.8) is 0 Å². The van der Waals surface area contributed by atoms with Gasteiger partial charge in [0.25, 0.3) is 0 Å². The first-order chi connectivity index (χ1) is 10.3. The maximum absolute atomic E-state index is 13.1. The van der Waals surface area contributed by atoms with Gasteiger partial charge in [0.05, 0.1) is 6.04 Å². The van der Waals surface area contributed by atoms with Crippen LogP contribution in [-0.4, -0.2) is 23.2 Å². The van der Waals surface area contributed by atoms with Gasteiger partial charge in [-0.25, -0.2) is 4.39 Å². The highest BCUT2D eigenvalue weighted by Gasteiger charge is 2.48. The van der Waals surface area contributed by atoms with E-state index in [9.17, 15) is 14.3 Å². The molecule has 0 saturated carbocycles. The van der Waals surface area contributed by atoms with Crippen molar-refractivity contribution >= 4 is 5.91 Å². The van der Waals surface area contributed by atoms with Gasteiger partial charge in [0.2, 0.25) is 5.91 Å². The van der Waals surface area contributed by atoms with Gasteiger partial charge < -0.3 is 10.4 Å². The topological polar surface area (TPSA) is 49.3 Å². The Kier molecular flexibility index (Phi) is 4.87. The number of halogens is 1. The molecule has 0 bridgehead atoms. The van der Waals surface area contributed by atoms with Crippen molar-refractivity contribution in [2.24, 2.45) is 11.3 Å². The lowest BCUT2D eigenvalue weighted by Gasteiger charge is -2.36. The third kappa shape index (κ3) is 3.48. The molecule has 2 rings (SSSR count). The number of carbonyl (C=O) groups excluding carboxylic acids is 1. The maximum Gasteiger partial charge on any atom is 0.221 e. The van der Waals surface area contributed by atoms with Crippen molar-refractivity contribution in [2.45, 2.75) is 45.8 Å². The normalized spacial score (nSPS) is 25.5. The highest BCUT2D eigenvalue weighted by Crippen LogP contribution is 2.42. The number of benzene rings is 1. The zero-order valence-electron chi connectivity index (χ0n) is 13.2. The van der Waals surface area contributed by atoms with E-state index in [-0.39, 0.29) is 29.1 Å². The van der Waals surface area contributed by atoms with Gasteiger partial charge in [-0.05, 0) is 37.0 Å². The minimum Gasteiger partial charge on any atom is -0.381 e. The van der Waals surface area contributed by atoms with Crippen LogP contribution in [-0.2, 0) is 11.2 Å². The smallest absolute Gasteiger partial charge is 0.221 e. The lowest BCUT2D eigenvalue weighted by atomic mass is 9.67. The summed E-state index contributed by atoms with van der Waals surface area (Å²) in [6.45, 7) is 5.74. The lowest BCUT2D eigenvalue weighted by molar-refractivity contribution is -0.119. The van der Waals surface area contributed by atoms with Crippen LogP contribution >= 0.6 is 0 Å². The largest absolute Gasteiger partial charge is 0.381 e. The number of aliphatic hydroxyl groups excluding tert-OH is 1. The molecule has 3 unspecified atom stereocenters. The molecule has 2 N–H and O–H groups in total. The number of rotatable bonds is 3. The second kappa shape index (κ2) is 6.50. The number of hydrogen-bond acceptors (Lipinski definition) is 2. The molecule has 1 aliphatic heterocycles. The number of hydrogen-bond donors (Lipinski definition) is 2. The average Bonchev–Trinajstić information content (AvgIpc) is 2.76.